The Morgan fingerprint density at radius 2 is 2.09 bits per heavy atom. The third kappa shape index (κ3) is 2.91. The number of carbonyl (C=O) groups excluding carboxylic acids is 1. The molecule has 0 saturated heterocycles. The molecule has 2 aromatic rings. The van der Waals surface area contributed by atoms with E-state index in [1.165, 1.54) is 28.0 Å². The van der Waals surface area contributed by atoms with Gasteiger partial charge in [0.05, 0.1) is 5.56 Å². The van der Waals surface area contributed by atoms with E-state index in [0.717, 1.165) is 9.49 Å². The predicted molar refractivity (Wildman–Crippen MR) is 94.8 cm³/mol. The van der Waals surface area contributed by atoms with E-state index in [1.54, 1.807) is 12.2 Å². The molecule has 3 rings (SSSR count). The van der Waals surface area contributed by atoms with Gasteiger partial charge in [-0.25, -0.2) is 0 Å². The zero-order valence-corrected chi connectivity index (χ0v) is 14.8. The van der Waals surface area contributed by atoms with E-state index in [1.807, 2.05) is 13.8 Å². The van der Waals surface area contributed by atoms with Gasteiger partial charge in [0.25, 0.3) is 5.56 Å². The summed E-state index contributed by atoms with van der Waals surface area (Å²) in [5, 5.41) is 5.24. The van der Waals surface area contributed by atoms with Crippen LogP contribution in [0.2, 0.25) is 0 Å². The van der Waals surface area contributed by atoms with E-state index in [2.05, 4.69) is 26.0 Å². The monoisotopic (exact) mass is 392 g/mol. The highest BCUT2D eigenvalue weighted by atomic mass is 79.9. The lowest BCUT2D eigenvalue weighted by Gasteiger charge is -2.06. The minimum Gasteiger partial charge on any atom is -0.383 e. The SMILES string of the molecule is CC(C)c1nn2c(N)c(/C=C3\C=C(Br)C=CC3=O)c(=O)nc2s1. The Morgan fingerprint density at radius 1 is 1.35 bits per heavy atom. The molecular formula is C15H13BrN4O2S. The van der Waals surface area contributed by atoms with Crippen LogP contribution in [-0.4, -0.2) is 20.4 Å². The molecule has 23 heavy (non-hydrogen) atoms. The Morgan fingerprint density at radius 3 is 2.78 bits per heavy atom. The van der Waals surface area contributed by atoms with Crippen LogP contribution in [0.25, 0.3) is 11.0 Å². The second-order valence-corrected chi connectivity index (χ2v) is 7.23. The molecule has 2 heterocycles. The molecule has 1 aliphatic carbocycles. The van der Waals surface area contributed by atoms with Crippen molar-refractivity contribution in [3.63, 3.8) is 0 Å². The minimum absolute atomic E-state index is 0.165. The van der Waals surface area contributed by atoms with Gasteiger partial charge < -0.3 is 5.73 Å². The lowest BCUT2D eigenvalue weighted by molar-refractivity contribution is -0.111. The van der Waals surface area contributed by atoms with Crippen LogP contribution in [0.5, 0.6) is 0 Å². The van der Waals surface area contributed by atoms with E-state index < -0.39 is 5.56 Å². The summed E-state index contributed by atoms with van der Waals surface area (Å²) in [6.45, 7) is 4.01. The standard InChI is InChI=1S/C15H13BrN4O2S/c1-7(2)14-19-20-12(17)10(13(22)18-15(20)23-14)6-8-5-9(16)3-4-11(8)21/h3-7H,17H2,1-2H3/b8-6+. The van der Waals surface area contributed by atoms with Gasteiger partial charge >= 0.3 is 0 Å². The van der Waals surface area contributed by atoms with Gasteiger partial charge in [0, 0.05) is 16.0 Å². The number of aromatic nitrogens is 3. The average Bonchev–Trinajstić information content (AvgIpc) is 2.91. The van der Waals surface area contributed by atoms with Crippen molar-refractivity contribution >= 4 is 49.9 Å². The van der Waals surface area contributed by atoms with Gasteiger partial charge in [0.1, 0.15) is 10.8 Å². The first-order chi connectivity index (χ1) is 10.9. The Balaban J connectivity index is 2.20. The molecule has 2 aromatic heterocycles. The molecule has 6 nitrogen and oxygen atoms in total. The molecular weight excluding hydrogens is 380 g/mol. The van der Waals surface area contributed by atoms with E-state index in [4.69, 9.17) is 5.73 Å². The third-order valence-electron chi connectivity index (χ3n) is 3.27. The van der Waals surface area contributed by atoms with Crippen LogP contribution in [0.4, 0.5) is 5.82 Å². The Hall–Kier alpha value is -2.06. The fourth-order valence-corrected chi connectivity index (χ4v) is 3.33. The van der Waals surface area contributed by atoms with Crippen LogP contribution < -0.4 is 11.3 Å². The van der Waals surface area contributed by atoms with Crippen molar-refractivity contribution in [3.05, 3.63) is 49.2 Å². The van der Waals surface area contributed by atoms with Crippen molar-refractivity contribution in [3.8, 4) is 0 Å². The molecule has 118 valence electrons. The Bertz CT molecular complexity index is 966. The molecule has 8 heteroatoms. The summed E-state index contributed by atoms with van der Waals surface area (Å²) in [5.41, 5.74) is 6.15. The lowest BCUT2D eigenvalue weighted by atomic mass is 10.0. The van der Waals surface area contributed by atoms with Crippen molar-refractivity contribution < 1.29 is 4.79 Å². The fourth-order valence-electron chi connectivity index (χ4n) is 2.05. The second-order valence-electron chi connectivity index (χ2n) is 5.33. The number of fused-ring (bicyclic) bond motifs is 1. The summed E-state index contributed by atoms with van der Waals surface area (Å²) in [6, 6.07) is 0. The van der Waals surface area contributed by atoms with Gasteiger partial charge in [-0.2, -0.15) is 14.6 Å². The van der Waals surface area contributed by atoms with Crippen LogP contribution in [-0.2, 0) is 4.79 Å². The fraction of sp³-hybridized carbons (Fsp3) is 0.200. The van der Waals surface area contributed by atoms with Gasteiger partial charge in [0.15, 0.2) is 5.78 Å². The average molecular weight is 393 g/mol. The molecule has 0 unspecified atom stereocenters. The molecule has 0 aliphatic heterocycles. The number of nitrogens with two attached hydrogens (primary N) is 1. The first-order valence-electron chi connectivity index (χ1n) is 6.87. The van der Waals surface area contributed by atoms with Gasteiger partial charge in [-0.05, 0) is 24.3 Å². The predicted octanol–water partition coefficient (Wildman–Crippen LogP) is 2.66. The van der Waals surface area contributed by atoms with Crippen LogP contribution >= 0.6 is 27.3 Å². The molecule has 0 saturated carbocycles. The summed E-state index contributed by atoms with van der Waals surface area (Å²) in [4.78, 5) is 28.7. The highest BCUT2D eigenvalue weighted by Gasteiger charge is 2.17. The minimum atomic E-state index is -0.471. The summed E-state index contributed by atoms with van der Waals surface area (Å²) < 4.78 is 2.20. The van der Waals surface area contributed by atoms with Crippen LogP contribution in [0.1, 0.15) is 30.3 Å². The molecule has 0 atom stereocenters. The highest BCUT2D eigenvalue weighted by molar-refractivity contribution is 9.11. The van der Waals surface area contributed by atoms with Crippen molar-refractivity contribution in [2.75, 3.05) is 5.73 Å². The summed E-state index contributed by atoms with van der Waals surface area (Å²) in [6.07, 6.45) is 6.16. The molecule has 0 spiro atoms. The number of hydrogen-bond acceptors (Lipinski definition) is 6. The van der Waals surface area contributed by atoms with Gasteiger partial charge in [-0.1, -0.05) is 41.1 Å². The Kier molecular flexibility index (Phi) is 4.03. The number of hydrogen-bond donors (Lipinski definition) is 1. The molecule has 0 aromatic carbocycles. The van der Waals surface area contributed by atoms with Crippen molar-refractivity contribution in [2.45, 2.75) is 19.8 Å². The van der Waals surface area contributed by atoms with E-state index >= 15 is 0 Å². The molecule has 0 bridgehead atoms. The topological polar surface area (TPSA) is 90.4 Å². The number of anilines is 1. The van der Waals surface area contributed by atoms with E-state index in [9.17, 15) is 9.59 Å². The molecule has 1 aliphatic rings. The number of nitrogens with zero attached hydrogens (tertiary/aromatic N) is 3. The van der Waals surface area contributed by atoms with E-state index in [0.29, 0.717) is 10.5 Å². The number of allylic oxidation sites excluding steroid dienone is 5. The van der Waals surface area contributed by atoms with Crippen LogP contribution in [0.15, 0.2) is 33.1 Å². The maximum Gasteiger partial charge on any atom is 0.283 e. The molecule has 2 N–H and O–H groups in total. The number of halogens is 1. The quantitative estimate of drug-likeness (QED) is 0.793. The maximum absolute atomic E-state index is 12.3. The number of rotatable bonds is 2. The maximum atomic E-state index is 12.3. The van der Waals surface area contributed by atoms with Crippen molar-refractivity contribution in [1.29, 1.82) is 0 Å². The van der Waals surface area contributed by atoms with Gasteiger partial charge in [0.2, 0.25) is 4.96 Å². The molecule has 0 amide bonds. The van der Waals surface area contributed by atoms with Crippen molar-refractivity contribution in [1.82, 2.24) is 14.6 Å². The largest absolute Gasteiger partial charge is 0.383 e. The molecule has 0 fully saturated rings. The third-order valence-corrected chi connectivity index (χ3v) is 4.98. The lowest BCUT2D eigenvalue weighted by Crippen LogP contribution is -2.17. The van der Waals surface area contributed by atoms with Gasteiger partial charge in [-0.3, -0.25) is 9.59 Å². The summed E-state index contributed by atoms with van der Waals surface area (Å²) >= 11 is 4.64. The zero-order valence-electron chi connectivity index (χ0n) is 12.4. The molecule has 0 radical (unpaired) electrons. The summed E-state index contributed by atoms with van der Waals surface area (Å²) in [7, 11) is 0. The van der Waals surface area contributed by atoms with Crippen LogP contribution in [0, 0.1) is 0 Å². The van der Waals surface area contributed by atoms with Crippen molar-refractivity contribution in [2.24, 2.45) is 0 Å². The zero-order chi connectivity index (χ0) is 16.7. The summed E-state index contributed by atoms with van der Waals surface area (Å²) in [5.74, 6) is 0.197. The Labute approximate surface area is 144 Å². The number of ketones is 1. The normalized spacial score (nSPS) is 16.6. The first kappa shape index (κ1) is 15.8. The number of carbonyl (C=O) groups is 1. The van der Waals surface area contributed by atoms with Gasteiger partial charge in [-0.15, -0.1) is 0 Å². The second kappa shape index (κ2) is 5.86. The number of nitrogen functional groups attached to an aromatic ring is 1. The first-order valence-corrected chi connectivity index (χ1v) is 8.48. The smallest absolute Gasteiger partial charge is 0.283 e. The van der Waals surface area contributed by atoms with Crippen LogP contribution in [0.3, 0.4) is 0 Å². The van der Waals surface area contributed by atoms with E-state index in [-0.39, 0.29) is 23.1 Å². The highest BCUT2D eigenvalue weighted by Crippen LogP contribution is 2.24.